The van der Waals surface area contributed by atoms with Crippen molar-refractivity contribution >= 4 is 5.97 Å². The van der Waals surface area contributed by atoms with Gasteiger partial charge in [-0.05, 0) is 49.2 Å². The molecule has 0 atom stereocenters. The Morgan fingerprint density at radius 3 is 2.03 bits per heavy atom. The smallest absolute Gasteiger partial charge is 0.343 e. The van der Waals surface area contributed by atoms with Gasteiger partial charge in [0.1, 0.15) is 17.3 Å². The van der Waals surface area contributed by atoms with Crippen LogP contribution in [0.1, 0.15) is 120 Å². The highest BCUT2D eigenvalue weighted by molar-refractivity contribution is 5.91. The highest BCUT2D eigenvalue weighted by atomic mass is 19.1. The predicted molar refractivity (Wildman–Crippen MR) is 153 cm³/mol. The number of rotatable bonds is 18. The first-order chi connectivity index (χ1) is 19.1. The summed E-state index contributed by atoms with van der Waals surface area (Å²) in [6.45, 7) is 6.23. The van der Waals surface area contributed by atoms with Gasteiger partial charge in [-0.15, -0.1) is 0 Å². The molecule has 0 unspecified atom stereocenters. The Morgan fingerprint density at radius 2 is 1.38 bits per heavy atom. The molecule has 1 aliphatic rings. The normalized spacial score (nSPS) is 17.2. The lowest BCUT2D eigenvalue weighted by Gasteiger charge is -2.30. The van der Waals surface area contributed by atoms with Gasteiger partial charge in [0.2, 0.25) is 0 Å². The number of benzene rings is 2. The third-order valence-corrected chi connectivity index (χ3v) is 7.22. The fraction of sp³-hybridized carbons (Fsp3) is 0.606. The lowest BCUT2D eigenvalue weighted by atomic mass is 10.0. The van der Waals surface area contributed by atoms with Gasteiger partial charge in [-0.25, -0.2) is 9.18 Å². The molecule has 0 spiro atoms. The highest BCUT2D eigenvalue weighted by Crippen LogP contribution is 2.30. The van der Waals surface area contributed by atoms with Crippen LogP contribution in [0.25, 0.3) is 0 Å². The summed E-state index contributed by atoms with van der Waals surface area (Å²) in [5, 5.41) is 0. The SMILES string of the molecule is CCCCCCCCOc1ccc(OC(=O)c2ccc(C3OCC(CCCCCCCC)CO3)c(F)c2)cc1. The Hall–Kier alpha value is -2.44. The molecule has 0 amide bonds. The molecule has 0 aliphatic carbocycles. The van der Waals surface area contributed by atoms with Crippen LogP contribution in [-0.4, -0.2) is 25.8 Å². The van der Waals surface area contributed by atoms with E-state index in [1.807, 2.05) is 0 Å². The molecule has 0 radical (unpaired) electrons. The Morgan fingerprint density at radius 1 is 0.795 bits per heavy atom. The first kappa shape index (κ1) is 31.1. The van der Waals surface area contributed by atoms with E-state index in [0.717, 1.165) is 18.6 Å². The largest absolute Gasteiger partial charge is 0.494 e. The van der Waals surface area contributed by atoms with Crippen LogP contribution in [0, 0.1) is 11.7 Å². The zero-order valence-electron chi connectivity index (χ0n) is 23.9. The van der Waals surface area contributed by atoms with E-state index < -0.39 is 18.1 Å². The van der Waals surface area contributed by atoms with Crippen LogP contribution < -0.4 is 9.47 Å². The Labute approximate surface area is 234 Å². The van der Waals surface area contributed by atoms with Crippen molar-refractivity contribution < 1.29 is 28.1 Å². The molecule has 39 heavy (non-hydrogen) atoms. The van der Waals surface area contributed by atoms with Crippen LogP contribution in [0.4, 0.5) is 4.39 Å². The lowest BCUT2D eigenvalue weighted by molar-refractivity contribution is -0.207. The average molecular weight is 543 g/mol. The van der Waals surface area contributed by atoms with E-state index in [1.54, 1.807) is 36.4 Å². The first-order valence-corrected chi connectivity index (χ1v) is 15.1. The van der Waals surface area contributed by atoms with Crippen molar-refractivity contribution in [2.75, 3.05) is 19.8 Å². The molecule has 5 nitrogen and oxygen atoms in total. The standard InChI is InChI=1S/C33H47FO5/c1-3-5-7-9-11-13-15-26-24-37-33(38-25-26)30-21-16-27(23-31(30)34)32(35)39-29-19-17-28(18-20-29)36-22-14-12-10-8-6-4-2/h16-21,23,26,33H,3-15,22,24-25H2,1-2H3. The number of esters is 1. The third-order valence-electron chi connectivity index (χ3n) is 7.22. The zero-order valence-corrected chi connectivity index (χ0v) is 23.9. The molecule has 1 heterocycles. The molecule has 2 aromatic rings. The molecule has 1 aliphatic heterocycles. The number of carbonyl (C=O) groups excluding carboxylic acids is 1. The summed E-state index contributed by atoms with van der Waals surface area (Å²) >= 11 is 0. The topological polar surface area (TPSA) is 54.0 Å². The van der Waals surface area contributed by atoms with Gasteiger partial charge in [-0.3, -0.25) is 0 Å². The monoisotopic (exact) mass is 542 g/mol. The van der Waals surface area contributed by atoms with Crippen molar-refractivity contribution in [3.05, 3.63) is 59.4 Å². The highest BCUT2D eigenvalue weighted by Gasteiger charge is 2.26. The Kier molecular flexibility index (Phi) is 14.4. The summed E-state index contributed by atoms with van der Waals surface area (Å²) in [6.07, 6.45) is 15.1. The van der Waals surface area contributed by atoms with E-state index >= 15 is 0 Å². The number of hydrogen-bond donors (Lipinski definition) is 0. The lowest BCUT2D eigenvalue weighted by Crippen LogP contribution is -2.27. The van der Waals surface area contributed by atoms with Gasteiger partial charge in [0.15, 0.2) is 6.29 Å². The summed E-state index contributed by atoms with van der Waals surface area (Å²) in [7, 11) is 0. The van der Waals surface area contributed by atoms with Crippen molar-refractivity contribution in [1.82, 2.24) is 0 Å². The molecule has 0 N–H and O–H groups in total. The van der Waals surface area contributed by atoms with Gasteiger partial charge in [0, 0.05) is 11.5 Å². The number of ether oxygens (including phenoxy) is 4. The molecular formula is C33H47FO5. The molecular weight excluding hydrogens is 495 g/mol. The summed E-state index contributed by atoms with van der Waals surface area (Å²) in [5.74, 6) is 0.303. The van der Waals surface area contributed by atoms with E-state index in [2.05, 4.69) is 13.8 Å². The second-order valence-electron chi connectivity index (χ2n) is 10.6. The van der Waals surface area contributed by atoms with E-state index in [4.69, 9.17) is 18.9 Å². The van der Waals surface area contributed by atoms with Crippen LogP contribution in [0.15, 0.2) is 42.5 Å². The van der Waals surface area contributed by atoms with E-state index in [-0.39, 0.29) is 5.56 Å². The van der Waals surface area contributed by atoms with Gasteiger partial charge in [-0.1, -0.05) is 90.5 Å². The van der Waals surface area contributed by atoms with Crippen molar-refractivity contribution in [1.29, 1.82) is 0 Å². The van der Waals surface area contributed by atoms with Crippen molar-refractivity contribution in [3.63, 3.8) is 0 Å². The molecule has 6 heteroatoms. The van der Waals surface area contributed by atoms with Gasteiger partial charge in [-0.2, -0.15) is 0 Å². The van der Waals surface area contributed by atoms with Crippen molar-refractivity contribution in [2.24, 2.45) is 5.92 Å². The maximum absolute atomic E-state index is 14.9. The van der Waals surface area contributed by atoms with Gasteiger partial charge in [0.05, 0.1) is 25.4 Å². The van der Waals surface area contributed by atoms with Crippen molar-refractivity contribution in [2.45, 2.75) is 104 Å². The zero-order chi connectivity index (χ0) is 27.7. The average Bonchev–Trinajstić information content (AvgIpc) is 2.95. The summed E-state index contributed by atoms with van der Waals surface area (Å²) in [5.41, 5.74) is 0.438. The van der Waals surface area contributed by atoms with E-state index in [1.165, 1.54) is 76.7 Å². The maximum atomic E-state index is 14.9. The van der Waals surface area contributed by atoms with Crippen LogP contribution in [0.5, 0.6) is 11.5 Å². The van der Waals surface area contributed by atoms with Crippen LogP contribution in [-0.2, 0) is 9.47 Å². The quantitative estimate of drug-likeness (QED) is 0.107. The number of unbranched alkanes of at least 4 members (excludes halogenated alkanes) is 10. The fourth-order valence-corrected chi connectivity index (χ4v) is 4.79. The first-order valence-electron chi connectivity index (χ1n) is 15.1. The molecule has 3 rings (SSSR count). The minimum atomic E-state index is -0.750. The minimum absolute atomic E-state index is 0.136. The predicted octanol–water partition coefficient (Wildman–Crippen LogP) is 9.20. The van der Waals surface area contributed by atoms with Crippen LogP contribution in [0.3, 0.4) is 0 Å². The molecule has 1 saturated heterocycles. The third kappa shape index (κ3) is 11.3. The minimum Gasteiger partial charge on any atom is -0.494 e. The number of halogens is 1. The molecule has 0 saturated carbocycles. The second-order valence-corrected chi connectivity index (χ2v) is 10.6. The molecule has 216 valence electrons. The van der Waals surface area contributed by atoms with Gasteiger partial charge < -0.3 is 18.9 Å². The van der Waals surface area contributed by atoms with Crippen molar-refractivity contribution in [3.8, 4) is 11.5 Å². The number of hydrogen-bond acceptors (Lipinski definition) is 5. The Bertz CT molecular complexity index is 953. The molecule has 2 aromatic carbocycles. The summed E-state index contributed by atoms with van der Waals surface area (Å²) in [6, 6.07) is 11.2. The van der Waals surface area contributed by atoms with Gasteiger partial charge >= 0.3 is 5.97 Å². The summed E-state index contributed by atoms with van der Waals surface area (Å²) in [4.78, 5) is 12.6. The van der Waals surface area contributed by atoms with Crippen LogP contribution in [0.2, 0.25) is 0 Å². The molecule has 0 aromatic heterocycles. The number of carbonyl (C=O) groups is 1. The van der Waals surface area contributed by atoms with Gasteiger partial charge in [0.25, 0.3) is 0 Å². The van der Waals surface area contributed by atoms with Crippen LogP contribution >= 0.6 is 0 Å². The Balaban J connectivity index is 1.39. The van der Waals surface area contributed by atoms with E-state index in [0.29, 0.717) is 37.1 Å². The molecule has 0 bridgehead atoms. The second kappa shape index (κ2) is 18.0. The fourth-order valence-electron chi connectivity index (χ4n) is 4.79. The van der Waals surface area contributed by atoms with E-state index in [9.17, 15) is 9.18 Å². The summed E-state index contributed by atoms with van der Waals surface area (Å²) < 4.78 is 37.7. The molecule has 1 fully saturated rings. The maximum Gasteiger partial charge on any atom is 0.343 e.